The molecule has 0 aromatic rings. The summed E-state index contributed by atoms with van der Waals surface area (Å²) in [6.45, 7) is 4.58. The van der Waals surface area contributed by atoms with Crippen molar-refractivity contribution < 1.29 is 19.1 Å². The van der Waals surface area contributed by atoms with Gasteiger partial charge in [0.1, 0.15) is 18.0 Å². The van der Waals surface area contributed by atoms with E-state index in [9.17, 15) is 9.59 Å². The maximum atomic E-state index is 11.3. The summed E-state index contributed by atoms with van der Waals surface area (Å²) in [5, 5.41) is 0. The van der Waals surface area contributed by atoms with Gasteiger partial charge in [0.15, 0.2) is 0 Å². The smallest absolute Gasteiger partial charge is 0.303 e. The van der Waals surface area contributed by atoms with Gasteiger partial charge in [0, 0.05) is 6.92 Å². The molecule has 78 valence electrons. The molecular formula is C10H14O4. The second-order valence-corrected chi connectivity index (χ2v) is 3.38. The molecule has 4 heteroatoms. The lowest BCUT2D eigenvalue weighted by Gasteiger charge is -2.30. The maximum absolute atomic E-state index is 11.3. The van der Waals surface area contributed by atoms with Crippen LogP contribution in [0.2, 0.25) is 0 Å². The van der Waals surface area contributed by atoms with Gasteiger partial charge in [-0.25, -0.2) is 0 Å². The molecule has 14 heavy (non-hydrogen) atoms. The Hall–Kier alpha value is -1.32. The van der Waals surface area contributed by atoms with Crippen molar-refractivity contribution in [2.24, 2.45) is 5.92 Å². The summed E-state index contributed by atoms with van der Waals surface area (Å²) in [5.74, 6) is -0.822. The molecule has 0 saturated heterocycles. The van der Waals surface area contributed by atoms with Crippen molar-refractivity contribution in [3.63, 3.8) is 0 Å². The van der Waals surface area contributed by atoms with Crippen LogP contribution in [0.25, 0.3) is 0 Å². The minimum absolute atomic E-state index is 0.0342. The molecule has 1 aliphatic heterocycles. The average Bonchev–Trinajstić information content (AvgIpc) is 2.01. The van der Waals surface area contributed by atoms with Crippen molar-refractivity contribution >= 4 is 11.8 Å². The summed E-state index contributed by atoms with van der Waals surface area (Å²) in [4.78, 5) is 22.1. The topological polar surface area (TPSA) is 52.6 Å². The van der Waals surface area contributed by atoms with Crippen molar-refractivity contribution in [3.05, 3.63) is 12.3 Å². The summed E-state index contributed by atoms with van der Waals surface area (Å²) in [7, 11) is 0. The van der Waals surface area contributed by atoms with Crippen LogP contribution in [0.3, 0.4) is 0 Å². The molecule has 0 N–H and O–H groups in total. The van der Waals surface area contributed by atoms with Crippen molar-refractivity contribution in [1.82, 2.24) is 0 Å². The van der Waals surface area contributed by atoms with Crippen LogP contribution in [0.15, 0.2) is 12.3 Å². The number of rotatable bonds is 2. The summed E-state index contributed by atoms with van der Waals surface area (Å²) in [6, 6.07) is 0. The van der Waals surface area contributed by atoms with Gasteiger partial charge in [-0.3, -0.25) is 9.59 Å². The summed E-state index contributed by atoms with van der Waals surface area (Å²) in [5.41, 5.74) is 0. The third kappa shape index (κ3) is 2.34. The second-order valence-electron chi connectivity index (χ2n) is 3.38. The molecule has 0 radical (unpaired) electrons. The van der Waals surface area contributed by atoms with Crippen LogP contribution < -0.4 is 0 Å². The number of hydrogen-bond donors (Lipinski definition) is 0. The lowest BCUT2D eigenvalue weighted by Crippen LogP contribution is -2.40. The van der Waals surface area contributed by atoms with Gasteiger partial charge in [0.25, 0.3) is 0 Å². The predicted octanol–water partition coefficient (Wildman–Crippen LogP) is 1.06. The first-order valence-corrected chi connectivity index (χ1v) is 4.52. The zero-order valence-electron chi connectivity index (χ0n) is 8.52. The number of carbonyl (C=O) groups is 2. The fourth-order valence-corrected chi connectivity index (χ4v) is 1.58. The standard InChI is InChI=1S/C10H14O4/c1-6(11)10-7(2)13-5-4-9(10)14-8(3)12/h4-5,7,9-10H,1-3H3/t7-,9-,10+/m0/s1. The number of ketones is 1. The van der Waals surface area contributed by atoms with Crippen LogP contribution in [0.1, 0.15) is 20.8 Å². The Morgan fingerprint density at radius 1 is 1.36 bits per heavy atom. The van der Waals surface area contributed by atoms with Crippen molar-refractivity contribution in [1.29, 1.82) is 0 Å². The average molecular weight is 198 g/mol. The molecule has 0 saturated carbocycles. The van der Waals surface area contributed by atoms with E-state index in [1.165, 1.54) is 20.1 Å². The molecule has 0 unspecified atom stereocenters. The van der Waals surface area contributed by atoms with Crippen LogP contribution in [-0.4, -0.2) is 24.0 Å². The zero-order chi connectivity index (χ0) is 10.7. The number of hydrogen-bond acceptors (Lipinski definition) is 4. The normalized spacial score (nSPS) is 30.6. The Bertz CT molecular complexity index is 269. The van der Waals surface area contributed by atoms with Gasteiger partial charge in [-0.15, -0.1) is 0 Å². The summed E-state index contributed by atoms with van der Waals surface area (Å²) >= 11 is 0. The third-order valence-electron chi connectivity index (χ3n) is 2.19. The quantitative estimate of drug-likeness (QED) is 0.622. The van der Waals surface area contributed by atoms with Crippen LogP contribution in [-0.2, 0) is 19.1 Å². The molecule has 0 amide bonds. The highest BCUT2D eigenvalue weighted by Crippen LogP contribution is 2.22. The van der Waals surface area contributed by atoms with E-state index in [-0.39, 0.29) is 17.9 Å². The molecule has 4 nitrogen and oxygen atoms in total. The lowest BCUT2D eigenvalue weighted by molar-refractivity contribution is -0.152. The Morgan fingerprint density at radius 3 is 2.50 bits per heavy atom. The molecule has 0 aromatic carbocycles. The monoisotopic (exact) mass is 198 g/mol. The van der Waals surface area contributed by atoms with Crippen LogP contribution in [0.4, 0.5) is 0 Å². The predicted molar refractivity (Wildman–Crippen MR) is 49.4 cm³/mol. The van der Waals surface area contributed by atoms with E-state index < -0.39 is 12.0 Å². The minimum atomic E-state index is -0.492. The first kappa shape index (κ1) is 10.8. The van der Waals surface area contributed by atoms with Gasteiger partial charge in [0.2, 0.25) is 0 Å². The highest BCUT2D eigenvalue weighted by Gasteiger charge is 2.34. The van der Waals surface area contributed by atoms with E-state index in [4.69, 9.17) is 9.47 Å². The lowest BCUT2D eigenvalue weighted by atomic mass is 9.91. The molecule has 0 aromatic heterocycles. The Balaban J connectivity index is 2.78. The molecule has 0 spiro atoms. The van der Waals surface area contributed by atoms with Gasteiger partial charge in [-0.1, -0.05) is 0 Å². The van der Waals surface area contributed by atoms with Crippen LogP contribution >= 0.6 is 0 Å². The number of esters is 1. The molecule has 1 rings (SSSR count). The van der Waals surface area contributed by atoms with Crippen LogP contribution in [0, 0.1) is 5.92 Å². The van der Waals surface area contributed by atoms with Crippen LogP contribution in [0.5, 0.6) is 0 Å². The highest BCUT2D eigenvalue weighted by atomic mass is 16.5. The highest BCUT2D eigenvalue weighted by molar-refractivity contribution is 5.80. The minimum Gasteiger partial charge on any atom is -0.498 e. The van der Waals surface area contributed by atoms with Crippen molar-refractivity contribution in [2.45, 2.75) is 33.0 Å². The van der Waals surface area contributed by atoms with Gasteiger partial charge in [-0.05, 0) is 19.9 Å². The van der Waals surface area contributed by atoms with E-state index >= 15 is 0 Å². The fourth-order valence-electron chi connectivity index (χ4n) is 1.58. The molecule has 0 fully saturated rings. The molecule has 1 aliphatic rings. The number of carbonyl (C=O) groups excluding carboxylic acids is 2. The first-order chi connectivity index (χ1) is 6.52. The second kappa shape index (κ2) is 4.26. The van der Waals surface area contributed by atoms with Crippen molar-refractivity contribution in [3.8, 4) is 0 Å². The van der Waals surface area contributed by atoms with Gasteiger partial charge < -0.3 is 9.47 Å². The van der Waals surface area contributed by atoms with E-state index in [1.54, 1.807) is 13.0 Å². The Labute approximate surface area is 82.9 Å². The molecular weight excluding hydrogens is 184 g/mol. The number of ether oxygens (including phenoxy) is 2. The first-order valence-electron chi connectivity index (χ1n) is 4.52. The van der Waals surface area contributed by atoms with E-state index in [2.05, 4.69) is 0 Å². The largest absolute Gasteiger partial charge is 0.498 e. The molecule has 0 bridgehead atoms. The van der Waals surface area contributed by atoms with E-state index in [0.717, 1.165) is 0 Å². The Morgan fingerprint density at radius 2 is 2.00 bits per heavy atom. The molecule has 3 atom stereocenters. The third-order valence-corrected chi connectivity index (χ3v) is 2.19. The number of Topliss-reactive ketones (excluding diaryl/α,β-unsaturated/α-hetero) is 1. The fraction of sp³-hybridized carbons (Fsp3) is 0.600. The molecule has 0 aliphatic carbocycles. The maximum Gasteiger partial charge on any atom is 0.303 e. The Kier molecular flexibility index (Phi) is 3.28. The molecule has 1 heterocycles. The van der Waals surface area contributed by atoms with Gasteiger partial charge in [-0.2, -0.15) is 0 Å². The van der Waals surface area contributed by atoms with Crippen molar-refractivity contribution in [2.75, 3.05) is 0 Å². The zero-order valence-corrected chi connectivity index (χ0v) is 8.52. The van der Waals surface area contributed by atoms with Gasteiger partial charge in [0.05, 0.1) is 12.2 Å². The van der Waals surface area contributed by atoms with E-state index in [1.807, 2.05) is 0 Å². The SMILES string of the molecule is CC(=O)O[C@H]1C=CO[C@@H](C)[C@H]1C(C)=O. The van der Waals surface area contributed by atoms with Gasteiger partial charge >= 0.3 is 5.97 Å². The van der Waals surface area contributed by atoms with E-state index in [0.29, 0.717) is 0 Å². The summed E-state index contributed by atoms with van der Waals surface area (Å²) in [6.07, 6.45) is 2.32. The summed E-state index contributed by atoms with van der Waals surface area (Å²) < 4.78 is 10.2.